The van der Waals surface area contributed by atoms with Gasteiger partial charge in [-0.05, 0) is 0 Å². The lowest BCUT2D eigenvalue weighted by atomic mass is 9.91. The van der Waals surface area contributed by atoms with Crippen LogP contribution in [0.3, 0.4) is 0 Å². The molecule has 0 N–H and O–H groups in total. The molecule has 1 aromatic heterocycles. The van der Waals surface area contributed by atoms with Crippen LogP contribution in [0.1, 0.15) is 38.6 Å². The fourth-order valence-electron chi connectivity index (χ4n) is 1.42. The van der Waals surface area contributed by atoms with Crippen LogP contribution in [0, 0.1) is 0 Å². The van der Waals surface area contributed by atoms with Gasteiger partial charge in [0, 0.05) is 17.6 Å². The van der Waals surface area contributed by atoms with E-state index in [0.717, 1.165) is 11.8 Å². The third kappa shape index (κ3) is 5.45. The van der Waals surface area contributed by atoms with E-state index in [1.165, 1.54) is 13.3 Å². The third-order valence-corrected chi connectivity index (χ3v) is 3.20. The molecule has 0 saturated heterocycles. The molecule has 0 aromatic carbocycles. The Hall–Kier alpha value is -1.44. The van der Waals surface area contributed by atoms with Gasteiger partial charge >= 0.3 is 6.08 Å². The standard InChI is InChI=1S/C13H17F3N2O2S/c1-13(2,3)10-9(7-17-19-4)20-12(18-10)21-6-5-8(14)11(15)16/h7H,5-6H2,1-4H3/b17-7+. The van der Waals surface area contributed by atoms with Crippen LogP contribution < -0.4 is 0 Å². The van der Waals surface area contributed by atoms with Crippen LogP contribution in [0.15, 0.2) is 26.7 Å². The fourth-order valence-corrected chi connectivity index (χ4v) is 2.18. The molecule has 0 bridgehead atoms. The monoisotopic (exact) mass is 322 g/mol. The summed E-state index contributed by atoms with van der Waals surface area (Å²) in [6.07, 6.45) is -1.27. The van der Waals surface area contributed by atoms with Crippen molar-refractivity contribution in [3.05, 3.63) is 23.4 Å². The second kappa shape index (κ2) is 7.53. The highest BCUT2D eigenvalue weighted by atomic mass is 32.2. The highest BCUT2D eigenvalue weighted by molar-refractivity contribution is 7.99. The highest BCUT2D eigenvalue weighted by Gasteiger charge is 2.24. The first-order chi connectivity index (χ1) is 9.75. The Labute approximate surface area is 125 Å². The number of allylic oxidation sites excluding steroid dienone is 1. The maximum absolute atomic E-state index is 12.7. The molecular weight excluding hydrogens is 305 g/mol. The molecule has 0 fully saturated rings. The van der Waals surface area contributed by atoms with Crippen molar-refractivity contribution in [3.8, 4) is 0 Å². The SMILES string of the molecule is CO/N=C/c1oc(SCCC(F)=C(F)F)nc1C(C)(C)C. The second-order valence-electron chi connectivity index (χ2n) is 5.12. The van der Waals surface area contributed by atoms with Crippen LogP contribution in [-0.4, -0.2) is 24.1 Å². The highest BCUT2D eigenvalue weighted by Crippen LogP contribution is 2.30. The van der Waals surface area contributed by atoms with E-state index in [9.17, 15) is 13.2 Å². The van der Waals surface area contributed by atoms with Crippen LogP contribution in [0.2, 0.25) is 0 Å². The Balaban J connectivity index is 2.83. The molecule has 1 rings (SSSR count). The average Bonchev–Trinajstić information content (AvgIpc) is 2.79. The third-order valence-electron chi connectivity index (χ3n) is 2.37. The number of oxime groups is 1. The second-order valence-corrected chi connectivity index (χ2v) is 6.17. The number of hydrogen-bond donors (Lipinski definition) is 0. The summed E-state index contributed by atoms with van der Waals surface area (Å²) >= 11 is 1.06. The summed E-state index contributed by atoms with van der Waals surface area (Å²) in [6, 6.07) is 0. The van der Waals surface area contributed by atoms with E-state index in [-0.39, 0.29) is 22.8 Å². The number of thioether (sulfide) groups is 1. The summed E-state index contributed by atoms with van der Waals surface area (Å²) in [7, 11) is 1.40. The summed E-state index contributed by atoms with van der Waals surface area (Å²) in [6.45, 7) is 5.85. The van der Waals surface area contributed by atoms with Gasteiger partial charge in [-0.3, -0.25) is 0 Å². The van der Waals surface area contributed by atoms with Gasteiger partial charge in [-0.1, -0.05) is 37.7 Å². The molecule has 0 radical (unpaired) electrons. The number of halogens is 3. The van der Waals surface area contributed by atoms with Crippen LogP contribution in [0.5, 0.6) is 0 Å². The van der Waals surface area contributed by atoms with Gasteiger partial charge in [-0.25, -0.2) is 9.37 Å². The van der Waals surface area contributed by atoms with E-state index in [4.69, 9.17) is 4.42 Å². The van der Waals surface area contributed by atoms with E-state index in [2.05, 4.69) is 15.0 Å². The number of aromatic nitrogens is 1. The zero-order valence-corrected chi connectivity index (χ0v) is 13.1. The quantitative estimate of drug-likeness (QED) is 0.439. The molecule has 0 amide bonds. The number of oxazole rings is 1. The predicted molar refractivity (Wildman–Crippen MR) is 75.5 cm³/mol. The van der Waals surface area contributed by atoms with Crippen LogP contribution in [0.25, 0.3) is 0 Å². The molecule has 0 aliphatic heterocycles. The zero-order chi connectivity index (χ0) is 16.0. The molecule has 4 nitrogen and oxygen atoms in total. The molecule has 21 heavy (non-hydrogen) atoms. The van der Waals surface area contributed by atoms with Gasteiger partial charge in [0.25, 0.3) is 5.22 Å². The van der Waals surface area contributed by atoms with E-state index >= 15 is 0 Å². The maximum Gasteiger partial charge on any atom is 0.301 e. The predicted octanol–water partition coefficient (Wildman–Crippen LogP) is 4.51. The van der Waals surface area contributed by atoms with Crippen LogP contribution in [-0.2, 0) is 10.3 Å². The van der Waals surface area contributed by atoms with Gasteiger partial charge in [0.15, 0.2) is 11.6 Å². The topological polar surface area (TPSA) is 47.6 Å². The van der Waals surface area contributed by atoms with Crippen LogP contribution >= 0.6 is 11.8 Å². The summed E-state index contributed by atoms with van der Waals surface area (Å²) in [5.41, 5.74) is 0.381. The van der Waals surface area contributed by atoms with E-state index in [0.29, 0.717) is 11.5 Å². The smallest absolute Gasteiger partial charge is 0.301 e. The lowest BCUT2D eigenvalue weighted by Gasteiger charge is -2.14. The van der Waals surface area contributed by atoms with Crippen LogP contribution in [0.4, 0.5) is 13.2 Å². The molecule has 0 aliphatic rings. The molecule has 0 atom stereocenters. The molecule has 0 saturated carbocycles. The Morgan fingerprint density at radius 3 is 2.57 bits per heavy atom. The molecular formula is C13H17F3N2O2S. The molecule has 0 unspecified atom stereocenters. The summed E-state index contributed by atoms with van der Waals surface area (Å²) < 4.78 is 42.1. The molecule has 1 heterocycles. The minimum absolute atomic E-state index is 0.105. The molecule has 0 spiro atoms. The van der Waals surface area contributed by atoms with Gasteiger partial charge in [0.2, 0.25) is 0 Å². The number of rotatable bonds is 6. The van der Waals surface area contributed by atoms with Crippen molar-refractivity contribution in [2.45, 2.75) is 37.8 Å². The number of hydrogen-bond acceptors (Lipinski definition) is 5. The Morgan fingerprint density at radius 1 is 1.38 bits per heavy atom. The minimum atomic E-state index is -2.29. The maximum atomic E-state index is 12.7. The first-order valence-corrected chi connectivity index (χ1v) is 7.14. The first-order valence-electron chi connectivity index (χ1n) is 6.16. The average molecular weight is 322 g/mol. The first kappa shape index (κ1) is 17.6. The Bertz CT molecular complexity index is 532. The lowest BCUT2D eigenvalue weighted by molar-refractivity contribution is 0.214. The van der Waals surface area contributed by atoms with Gasteiger partial charge in [0.05, 0.1) is 5.69 Å². The Kier molecular flexibility index (Phi) is 6.32. The summed E-state index contributed by atoms with van der Waals surface area (Å²) in [4.78, 5) is 8.90. The van der Waals surface area contributed by atoms with Crippen molar-refractivity contribution >= 4 is 18.0 Å². The zero-order valence-electron chi connectivity index (χ0n) is 12.2. The van der Waals surface area contributed by atoms with Crippen molar-refractivity contribution in [2.75, 3.05) is 12.9 Å². The van der Waals surface area contributed by atoms with Crippen molar-refractivity contribution in [1.29, 1.82) is 0 Å². The van der Waals surface area contributed by atoms with Crippen molar-refractivity contribution < 1.29 is 22.4 Å². The molecule has 0 aliphatic carbocycles. The van der Waals surface area contributed by atoms with Crippen molar-refractivity contribution in [2.24, 2.45) is 5.16 Å². The van der Waals surface area contributed by atoms with Crippen molar-refractivity contribution in [1.82, 2.24) is 4.98 Å². The van der Waals surface area contributed by atoms with E-state index in [1.54, 1.807) is 0 Å². The van der Waals surface area contributed by atoms with Gasteiger partial charge in [-0.2, -0.15) is 8.78 Å². The lowest BCUT2D eigenvalue weighted by Crippen LogP contribution is -2.14. The summed E-state index contributed by atoms with van der Waals surface area (Å²) in [5.74, 6) is -0.875. The van der Waals surface area contributed by atoms with Gasteiger partial charge in [-0.15, -0.1) is 0 Å². The largest absolute Gasteiger partial charge is 0.430 e. The van der Waals surface area contributed by atoms with E-state index < -0.39 is 11.9 Å². The van der Waals surface area contributed by atoms with E-state index in [1.807, 2.05) is 20.8 Å². The summed E-state index contributed by atoms with van der Waals surface area (Å²) in [5, 5.41) is 3.91. The minimum Gasteiger partial charge on any atom is -0.430 e. The van der Waals surface area contributed by atoms with Crippen molar-refractivity contribution in [3.63, 3.8) is 0 Å². The molecule has 1 aromatic rings. The molecule has 118 valence electrons. The normalized spacial score (nSPS) is 12.0. The molecule has 8 heteroatoms. The van der Waals surface area contributed by atoms with Gasteiger partial charge in [0.1, 0.15) is 13.3 Å². The fraction of sp³-hybridized carbons (Fsp3) is 0.538. The number of nitrogens with zero attached hydrogens (tertiary/aromatic N) is 2. The van der Waals surface area contributed by atoms with Gasteiger partial charge < -0.3 is 9.25 Å². The Morgan fingerprint density at radius 2 is 2.05 bits per heavy atom.